The van der Waals surface area contributed by atoms with Gasteiger partial charge < -0.3 is 19.7 Å². The zero-order chi connectivity index (χ0) is 18.4. The Bertz CT molecular complexity index is 624. The summed E-state index contributed by atoms with van der Waals surface area (Å²) in [6.07, 6.45) is -0.0952. The van der Waals surface area contributed by atoms with Crippen molar-refractivity contribution < 1.29 is 23.9 Å². The predicted octanol–water partition coefficient (Wildman–Crippen LogP) is 1.36. The Labute approximate surface area is 154 Å². The van der Waals surface area contributed by atoms with E-state index >= 15 is 0 Å². The fourth-order valence-electron chi connectivity index (χ4n) is 2.52. The first kappa shape index (κ1) is 19.4. The van der Waals surface area contributed by atoms with Crippen LogP contribution in [-0.4, -0.2) is 61.1 Å². The van der Waals surface area contributed by atoms with Gasteiger partial charge in [-0.2, -0.15) is 0 Å². The Hall–Kier alpha value is -1.93. The van der Waals surface area contributed by atoms with Crippen LogP contribution in [0.5, 0.6) is 0 Å². The summed E-state index contributed by atoms with van der Waals surface area (Å²) in [5.74, 6) is -1.31. The first-order chi connectivity index (χ1) is 11.8. The fraction of sp³-hybridized carbons (Fsp3) is 0.471. The van der Waals surface area contributed by atoms with Crippen LogP contribution < -0.4 is 5.32 Å². The van der Waals surface area contributed by atoms with Gasteiger partial charge in [0.25, 0.3) is 11.8 Å². The summed E-state index contributed by atoms with van der Waals surface area (Å²) in [6, 6.07) is 6.73. The summed E-state index contributed by atoms with van der Waals surface area (Å²) in [5.41, 5.74) is 0.434. The van der Waals surface area contributed by atoms with Crippen molar-refractivity contribution in [2.45, 2.75) is 26.1 Å². The molecule has 1 saturated heterocycles. The number of hydrogen-bond donors (Lipinski definition) is 1. The number of benzene rings is 1. The molecule has 2 amide bonds. The third-order valence-electron chi connectivity index (χ3n) is 3.63. The lowest BCUT2D eigenvalue weighted by atomic mass is 10.2. The van der Waals surface area contributed by atoms with E-state index in [9.17, 15) is 14.4 Å². The van der Waals surface area contributed by atoms with Gasteiger partial charge in [-0.15, -0.1) is 0 Å². The Morgan fingerprint density at radius 1 is 1.20 bits per heavy atom. The van der Waals surface area contributed by atoms with E-state index in [-0.39, 0.29) is 37.2 Å². The quantitative estimate of drug-likeness (QED) is 0.737. The van der Waals surface area contributed by atoms with Crippen LogP contribution >= 0.6 is 15.9 Å². The summed E-state index contributed by atoms with van der Waals surface area (Å²) >= 11 is 3.28. The molecule has 0 radical (unpaired) electrons. The van der Waals surface area contributed by atoms with Crippen molar-refractivity contribution in [3.63, 3.8) is 0 Å². The molecule has 2 atom stereocenters. The van der Waals surface area contributed by atoms with E-state index in [1.165, 1.54) is 0 Å². The summed E-state index contributed by atoms with van der Waals surface area (Å²) in [4.78, 5) is 37.3. The minimum absolute atomic E-state index is 0.0476. The van der Waals surface area contributed by atoms with Gasteiger partial charge in [0.1, 0.15) is 6.54 Å². The second kappa shape index (κ2) is 8.96. The molecule has 0 spiro atoms. The zero-order valence-electron chi connectivity index (χ0n) is 14.2. The van der Waals surface area contributed by atoms with Crippen molar-refractivity contribution in [1.82, 2.24) is 10.2 Å². The average Bonchev–Trinajstić information content (AvgIpc) is 2.57. The van der Waals surface area contributed by atoms with Gasteiger partial charge in [0, 0.05) is 23.1 Å². The number of carbonyl (C=O) groups is 3. The van der Waals surface area contributed by atoms with E-state index in [0.29, 0.717) is 18.7 Å². The molecule has 1 aliphatic heterocycles. The Morgan fingerprint density at radius 2 is 1.80 bits per heavy atom. The largest absolute Gasteiger partial charge is 0.454 e. The van der Waals surface area contributed by atoms with E-state index in [2.05, 4.69) is 21.2 Å². The van der Waals surface area contributed by atoms with Crippen molar-refractivity contribution in [3.8, 4) is 0 Å². The number of amides is 2. The number of halogens is 1. The second-order valence-electron chi connectivity index (χ2n) is 5.91. The Balaban J connectivity index is 1.72. The third kappa shape index (κ3) is 6.13. The highest BCUT2D eigenvalue weighted by molar-refractivity contribution is 9.10. The topological polar surface area (TPSA) is 84.9 Å². The number of esters is 1. The molecule has 1 N–H and O–H groups in total. The van der Waals surface area contributed by atoms with Gasteiger partial charge in [-0.1, -0.05) is 15.9 Å². The summed E-state index contributed by atoms with van der Waals surface area (Å²) in [6.45, 7) is 4.09. The van der Waals surface area contributed by atoms with E-state index in [4.69, 9.17) is 9.47 Å². The van der Waals surface area contributed by atoms with Crippen LogP contribution in [0, 0.1) is 0 Å². The first-order valence-electron chi connectivity index (χ1n) is 7.97. The average molecular weight is 413 g/mol. The fourth-order valence-corrected chi connectivity index (χ4v) is 2.79. The van der Waals surface area contributed by atoms with Gasteiger partial charge in [-0.05, 0) is 38.1 Å². The van der Waals surface area contributed by atoms with E-state index in [0.717, 1.165) is 4.47 Å². The number of rotatable bonds is 5. The Morgan fingerprint density at radius 3 is 2.40 bits per heavy atom. The smallest absolute Gasteiger partial charge is 0.325 e. The highest BCUT2D eigenvalue weighted by atomic mass is 79.9. The lowest BCUT2D eigenvalue weighted by Gasteiger charge is -2.35. The SMILES string of the molecule is C[C@H]1CN(C(=O)COC(=O)CNC(=O)c2ccc(Br)cc2)C[C@H](C)O1. The molecule has 1 aromatic carbocycles. The van der Waals surface area contributed by atoms with Gasteiger partial charge in [-0.3, -0.25) is 14.4 Å². The number of nitrogens with zero attached hydrogens (tertiary/aromatic N) is 1. The molecule has 0 aliphatic carbocycles. The van der Waals surface area contributed by atoms with E-state index in [1.54, 1.807) is 29.2 Å². The number of carbonyl (C=O) groups excluding carboxylic acids is 3. The van der Waals surface area contributed by atoms with Gasteiger partial charge in [0.05, 0.1) is 12.2 Å². The zero-order valence-corrected chi connectivity index (χ0v) is 15.7. The lowest BCUT2D eigenvalue weighted by Crippen LogP contribution is -2.49. The summed E-state index contributed by atoms with van der Waals surface area (Å²) < 4.78 is 11.3. The second-order valence-corrected chi connectivity index (χ2v) is 6.82. The van der Waals surface area contributed by atoms with Crippen molar-refractivity contribution in [1.29, 1.82) is 0 Å². The van der Waals surface area contributed by atoms with E-state index in [1.807, 2.05) is 13.8 Å². The van der Waals surface area contributed by atoms with Crippen LogP contribution in [0.25, 0.3) is 0 Å². The van der Waals surface area contributed by atoms with Gasteiger partial charge in [0.2, 0.25) is 0 Å². The minimum Gasteiger partial charge on any atom is -0.454 e. The molecule has 0 unspecified atom stereocenters. The lowest BCUT2D eigenvalue weighted by molar-refractivity contribution is -0.156. The molecular formula is C17H21BrN2O5. The molecule has 0 bridgehead atoms. The van der Waals surface area contributed by atoms with Crippen LogP contribution in [0.15, 0.2) is 28.7 Å². The molecular weight excluding hydrogens is 392 g/mol. The normalized spacial score (nSPS) is 20.0. The first-order valence-corrected chi connectivity index (χ1v) is 8.77. The maximum absolute atomic E-state index is 12.1. The molecule has 25 heavy (non-hydrogen) atoms. The highest BCUT2D eigenvalue weighted by Gasteiger charge is 2.26. The van der Waals surface area contributed by atoms with Crippen LogP contribution in [0.3, 0.4) is 0 Å². The molecule has 1 fully saturated rings. The Kier molecular flexibility index (Phi) is 6.95. The summed E-state index contributed by atoms with van der Waals surface area (Å²) in [7, 11) is 0. The molecule has 1 aliphatic rings. The monoisotopic (exact) mass is 412 g/mol. The molecule has 7 nitrogen and oxygen atoms in total. The predicted molar refractivity (Wildman–Crippen MR) is 94.0 cm³/mol. The molecule has 8 heteroatoms. The van der Waals surface area contributed by atoms with Crippen molar-refractivity contribution in [3.05, 3.63) is 34.3 Å². The van der Waals surface area contributed by atoms with Crippen LogP contribution in [0.2, 0.25) is 0 Å². The van der Waals surface area contributed by atoms with Gasteiger partial charge >= 0.3 is 5.97 Å². The molecule has 1 aromatic rings. The van der Waals surface area contributed by atoms with Gasteiger partial charge in [-0.25, -0.2) is 0 Å². The number of hydrogen-bond acceptors (Lipinski definition) is 5. The van der Waals surface area contributed by atoms with Crippen LogP contribution in [0.1, 0.15) is 24.2 Å². The molecule has 136 valence electrons. The third-order valence-corrected chi connectivity index (χ3v) is 4.16. The van der Waals surface area contributed by atoms with Crippen LogP contribution in [-0.2, 0) is 19.1 Å². The van der Waals surface area contributed by atoms with Crippen molar-refractivity contribution in [2.75, 3.05) is 26.2 Å². The maximum Gasteiger partial charge on any atom is 0.325 e. The molecule has 2 rings (SSSR count). The van der Waals surface area contributed by atoms with E-state index < -0.39 is 5.97 Å². The van der Waals surface area contributed by atoms with Crippen LogP contribution in [0.4, 0.5) is 0 Å². The van der Waals surface area contributed by atoms with Gasteiger partial charge in [0.15, 0.2) is 6.61 Å². The molecule has 1 heterocycles. The number of nitrogens with one attached hydrogen (secondary N) is 1. The standard InChI is InChI=1S/C17H21BrN2O5/c1-11-8-20(9-12(2)25-11)15(21)10-24-16(22)7-19-17(23)13-3-5-14(18)6-4-13/h3-6,11-12H,7-10H2,1-2H3,(H,19,23)/t11-,12-/m0/s1. The molecule has 0 aromatic heterocycles. The highest BCUT2D eigenvalue weighted by Crippen LogP contribution is 2.11. The maximum atomic E-state index is 12.1. The number of ether oxygens (including phenoxy) is 2. The number of morpholine rings is 1. The summed E-state index contributed by atoms with van der Waals surface area (Å²) in [5, 5.41) is 2.46. The molecule has 0 saturated carbocycles. The van der Waals surface area contributed by atoms with Crippen molar-refractivity contribution in [2.24, 2.45) is 0 Å². The van der Waals surface area contributed by atoms with Crippen molar-refractivity contribution >= 4 is 33.7 Å². The minimum atomic E-state index is -0.659.